The molecule has 0 saturated heterocycles. The number of hydrogen-bond donors (Lipinski definition) is 0. The minimum absolute atomic E-state index is 0.0218. The van der Waals surface area contributed by atoms with E-state index in [0.29, 0.717) is 0 Å². The first-order valence-electron chi connectivity index (χ1n) is 15.4. The highest BCUT2D eigenvalue weighted by Gasteiger charge is 2.28. The fraction of sp³-hybridized carbons (Fsp3) is 0.282. The molecule has 0 aliphatic rings. The fourth-order valence-corrected chi connectivity index (χ4v) is 5.55. The van der Waals surface area contributed by atoms with Crippen LogP contribution in [0.1, 0.15) is 72.3 Å². The third-order valence-electron chi connectivity index (χ3n) is 9.37. The Morgan fingerprint density at radius 3 is 1.40 bits per heavy atom. The van der Waals surface area contributed by atoms with E-state index in [1.165, 1.54) is 0 Å². The molecule has 0 aliphatic heterocycles. The third kappa shape index (κ3) is 5.20. The van der Waals surface area contributed by atoms with E-state index in [1.807, 2.05) is 36.4 Å². The second-order valence-corrected chi connectivity index (χ2v) is 12.3. The van der Waals surface area contributed by atoms with Gasteiger partial charge in [-0.3, -0.25) is 0 Å². The molecule has 6 rings (SSSR count). The first-order valence-corrected chi connectivity index (χ1v) is 15.4. The van der Waals surface area contributed by atoms with Crippen molar-refractivity contribution in [1.29, 1.82) is 0 Å². The molecule has 0 saturated carbocycles. The standard InChI is InChI=1S/C39H40N2O2/c1-7-38(4,5)32-24-22-30(42-32)28-20-21-29(31-23-25-33(43-31)39(6,8-2)9-3)37-36(28)40-34(26-16-12-10-13-17-26)35(41-37)27-18-14-11-15-19-27/h10-25H,7-9H2,1-6H3. The van der Waals surface area contributed by atoms with Crippen LogP contribution in [0.15, 0.2) is 106 Å². The van der Waals surface area contributed by atoms with Crippen LogP contribution in [-0.4, -0.2) is 9.97 Å². The molecule has 0 bridgehead atoms. The van der Waals surface area contributed by atoms with Crippen molar-refractivity contribution in [3.05, 3.63) is 109 Å². The Hall–Kier alpha value is -4.44. The molecule has 0 radical (unpaired) electrons. The molecular weight excluding hydrogens is 528 g/mol. The van der Waals surface area contributed by atoms with Crippen LogP contribution in [0, 0.1) is 0 Å². The van der Waals surface area contributed by atoms with Crippen molar-refractivity contribution < 1.29 is 8.83 Å². The molecule has 0 spiro atoms. The average molecular weight is 569 g/mol. The van der Waals surface area contributed by atoms with E-state index in [9.17, 15) is 0 Å². The average Bonchev–Trinajstić information content (AvgIpc) is 3.76. The van der Waals surface area contributed by atoms with Gasteiger partial charge in [0.1, 0.15) is 34.1 Å². The highest BCUT2D eigenvalue weighted by Crippen LogP contribution is 2.42. The molecule has 0 unspecified atom stereocenters. The Kier molecular flexibility index (Phi) is 7.56. The van der Waals surface area contributed by atoms with E-state index in [2.05, 4.69) is 102 Å². The Balaban J connectivity index is 1.65. The van der Waals surface area contributed by atoms with Crippen molar-refractivity contribution >= 4 is 11.0 Å². The molecule has 3 heterocycles. The Labute approximate surface area is 254 Å². The lowest BCUT2D eigenvalue weighted by Crippen LogP contribution is -2.18. The van der Waals surface area contributed by atoms with Crippen molar-refractivity contribution in [2.75, 3.05) is 0 Å². The van der Waals surface area contributed by atoms with Gasteiger partial charge in [0.15, 0.2) is 0 Å². The second kappa shape index (κ2) is 11.3. The van der Waals surface area contributed by atoms with Gasteiger partial charge in [-0.1, -0.05) is 102 Å². The van der Waals surface area contributed by atoms with E-state index in [4.69, 9.17) is 18.8 Å². The number of hydrogen-bond acceptors (Lipinski definition) is 4. The van der Waals surface area contributed by atoms with Gasteiger partial charge in [0.25, 0.3) is 0 Å². The van der Waals surface area contributed by atoms with E-state index < -0.39 is 0 Å². The fourth-order valence-electron chi connectivity index (χ4n) is 5.55. The molecule has 43 heavy (non-hydrogen) atoms. The number of rotatable bonds is 9. The maximum atomic E-state index is 6.60. The van der Waals surface area contributed by atoms with Gasteiger partial charge in [-0.25, -0.2) is 9.97 Å². The van der Waals surface area contributed by atoms with Crippen molar-refractivity contribution in [1.82, 2.24) is 9.97 Å². The SMILES string of the molecule is CCC(C)(C)c1ccc(-c2ccc(-c3ccc(C(C)(CC)CC)o3)c3nc(-c4ccccc4)c(-c4ccccc4)nc23)o1. The molecule has 3 aromatic heterocycles. The summed E-state index contributed by atoms with van der Waals surface area (Å²) in [6.45, 7) is 13.3. The summed E-state index contributed by atoms with van der Waals surface area (Å²) in [6.07, 6.45) is 2.99. The van der Waals surface area contributed by atoms with E-state index in [-0.39, 0.29) is 10.8 Å². The van der Waals surface area contributed by atoms with Gasteiger partial charge in [-0.05, 0) is 55.7 Å². The van der Waals surface area contributed by atoms with Crippen LogP contribution < -0.4 is 0 Å². The molecule has 0 amide bonds. The Morgan fingerprint density at radius 1 is 0.512 bits per heavy atom. The van der Waals surface area contributed by atoms with Crippen molar-refractivity contribution in [3.63, 3.8) is 0 Å². The quantitative estimate of drug-likeness (QED) is 0.174. The zero-order valence-electron chi connectivity index (χ0n) is 26.1. The molecular formula is C39H40N2O2. The van der Waals surface area contributed by atoms with Gasteiger partial charge in [-0.2, -0.15) is 0 Å². The van der Waals surface area contributed by atoms with Gasteiger partial charge in [-0.15, -0.1) is 0 Å². The number of aromatic nitrogens is 2. The molecule has 0 atom stereocenters. The zero-order chi connectivity index (χ0) is 30.2. The van der Waals surface area contributed by atoms with Crippen molar-refractivity contribution in [3.8, 4) is 45.2 Å². The minimum atomic E-state index is -0.0644. The Bertz CT molecular complexity index is 1860. The molecule has 4 heteroatoms. The smallest absolute Gasteiger partial charge is 0.136 e. The number of nitrogens with zero attached hydrogens (tertiary/aromatic N) is 2. The minimum Gasteiger partial charge on any atom is -0.460 e. The van der Waals surface area contributed by atoms with Crippen LogP contribution in [0.25, 0.3) is 56.2 Å². The Morgan fingerprint density at radius 2 is 0.953 bits per heavy atom. The van der Waals surface area contributed by atoms with Crippen molar-refractivity contribution in [2.24, 2.45) is 0 Å². The van der Waals surface area contributed by atoms with Crippen LogP contribution in [0.4, 0.5) is 0 Å². The van der Waals surface area contributed by atoms with Crippen LogP contribution >= 0.6 is 0 Å². The zero-order valence-corrected chi connectivity index (χ0v) is 26.1. The monoisotopic (exact) mass is 568 g/mol. The largest absolute Gasteiger partial charge is 0.460 e. The van der Waals surface area contributed by atoms with E-state index >= 15 is 0 Å². The molecule has 3 aromatic carbocycles. The first kappa shape index (κ1) is 28.7. The van der Waals surface area contributed by atoms with Gasteiger partial charge in [0.2, 0.25) is 0 Å². The molecule has 0 N–H and O–H groups in total. The molecule has 0 fully saturated rings. The number of benzene rings is 3. The van der Waals surface area contributed by atoms with Crippen LogP contribution in [-0.2, 0) is 10.8 Å². The maximum absolute atomic E-state index is 6.60. The van der Waals surface area contributed by atoms with Gasteiger partial charge in [0, 0.05) is 33.1 Å². The highest BCUT2D eigenvalue weighted by atomic mass is 16.3. The summed E-state index contributed by atoms with van der Waals surface area (Å²) in [5.74, 6) is 3.55. The number of furan rings is 2. The summed E-state index contributed by atoms with van der Waals surface area (Å²) in [5, 5.41) is 0. The lowest BCUT2D eigenvalue weighted by atomic mass is 9.82. The van der Waals surface area contributed by atoms with E-state index in [1.54, 1.807) is 0 Å². The van der Waals surface area contributed by atoms with Crippen LogP contribution in [0.2, 0.25) is 0 Å². The molecule has 4 nitrogen and oxygen atoms in total. The summed E-state index contributed by atoms with van der Waals surface area (Å²) in [7, 11) is 0. The summed E-state index contributed by atoms with van der Waals surface area (Å²) in [6, 6.07) is 33.2. The van der Waals surface area contributed by atoms with E-state index in [0.717, 1.165) is 87.0 Å². The van der Waals surface area contributed by atoms with Gasteiger partial charge in [0.05, 0.1) is 11.4 Å². The summed E-state index contributed by atoms with van der Waals surface area (Å²) >= 11 is 0. The molecule has 6 aromatic rings. The van der Waals surface area contributed by atoms with Crippen LogP contribution in [0.3, 0.4) is 0 Å². The maximum Gasteiger partial charge on any atom is 0.136 e. The lowest BCUT2D eigenvalue weighted by molar-refractivity contribution is 0.344. The summed E-state index contributed by atoms with van der Waals surface area (Å²) < 4.78 is 13.1. The predicted molar refractivity (Wildman–Crippen MR) is 177 cm³/mol. The van der Waals surface area contributed by atoms with Crippen molar-refractivity contribution in [2.45, 2.75) is 71.6 Å². The first-order chi connectivity index (χ1) is 20.8. The topological polar surface area (TPSA) is 52.1 Å². The molecule has 0 aliphatic carbocycles. The van der Waals surface area contributed by atoms with Gasteiger partial charge >= 0.3 is 0 Å². The second-order valence-electron chi connectivity index (χ2n) is 12.3. The van der Waals surface area contributed by atoms with Gasteiger partial charge < -0.3 is 8.83 Å². The predicted octanol–water partition coefficient (Wildman–Crippen LogP) is 11.2. The third-order valence-corrected chi connectivity index (χ3v) is 9.37. The number of fused-ring (bicyclic) bond motifs is 1. The summed E-state index contributed by atoms with van der Waals surface area (Å²) in [5.41, 5.74) is 7.04. The lowest BCUT2D eigenvalue weighted by Gasteiger charge is -2.23. The normalized spacial score (nSPS) is 12.2. The molecule has 218 valence electrons. The van der Waals surface area contributed by atoms with Crippen LogP contribution in [0.5, 0.6) is 0 Å². The summed E-state index contributed by atoms with van der Waals surface area (Å²) in [4.78, 5) is 10.8. The highest BCUT2D eigenvalue weighted by molar-refractivity contribution is 6.01.